The summed E-state index contributed by atoms with van der Waals surface area (Å²) in [5.74, 6) is 0.847. The number of nitrogens with one attached hydrogen (secondary N) is 1. The summed E-state index contributed by atoms with van der Waals surface area (Å²) in [4.78, 5) is 0. The summed E-state index contributed by atoms with van der Waals surface area (Å²) in [6, 6.07) is 20.6. The van der Waals surface area contributed by atoms with Crippen LogP contribution in [0.2, 0.25) is 0 Å². The first-order valence-electron chi connectivity index (χ1n) is 8.59. The molecule has 0 amide bonds. The highest BCUT2D eigenvalue weighted by Crippen LogP contribution is 2.23. The van der Waals surface area contributed by atoms with Crippen molar-refractivity contribution in [1.82, 2.24) is 10.2 Å². The Morgan fingerprint density at radius 2 is 1.76 bits per heavy atom. The van der Waals surface area contributed by atoms with Crippen molar-refractivity contribution >= 4 is 5.82 Å². The molecule has 0 aliphatic carbocycles. The Hall–Kier alpha value is -2.59. The quantitative estimate of drug-likeness (QED) is 0.711. The predicted octanol–water partition coefficient (Wildman–Crippen LogP) is 4.68. The zero-order chi connectivity index (χ0) is 18.1. The molecule has 3 N–H and O–H groups in total. The van der Waals surface area contributed by atoms with E-state index in [-0.39, 0.29) is 0 Å². The summed E-state index contributed by atoms with van der Waals surface area (Å²) < 4.78 is 5.22. The van der Waals surface area contributed by atoms with Gasteiger partial charge in [-0.3, -0.25) is 5.10 Å². The molecule has 4 nitrogen and oxygen atoms in total. The lowest BCUT2D eigenvalue weighted by atomic mass is 9.97. The van der Waals surface area contributed by atoms with Crippen LogP contribution in [-0.4, -0.2) is 16.8 Å². The van der Waals surface area contributed by atoms with Gasteiger partial charge in [-0.05, 0) is 25.0 Å². The van der Waals surface area contributed by atoms with E-state index in [0.717, 1.165) is 18.9 Å². The molecule has 132 valence electrons. The van der Waals surface area contributed by atoms with Gasteiger partial charge in [0, 0.05) is 24.3 Å². The number of aryl methyl sites for hydroxylation is 1. The lowest BCUT2D eigenvalue weighted by Crippen LogP contribution is -1.96. The normalized spacial score (nSPS) is 11.5. The van der Waals surface area contributed by atoms with Crippen LogP contribution in [0.1, 0.15) is 42.1 Å². The second-order valence-electron chi connectivity index (χ2n) is 6.00. The number of ether oxygens (including phenoxy) is 1. The van der Waals surface area contributed by atoms with Crippen LogP contribution in [0.3, 0.4) is 0 Å². The number of hydrogen-bond donors (Lipinski definition) is 2. The molecule has 0 saturated heterocycles. The maximum absolute atomic E-state index is 5.58. The van der Waals surface area contributed by atoms with Gasteiger partial charge in [0.2, 0.25) is 0 Å². The second kappa shape index (κ2) is 9.64. The number of nitrogens with zero attached hydrogens (tertiary/aromatic N) is 1. The molecule has 0 aliphatic rings. The van der Waals surface area contributed by atoms with Gasteiger partial charge in [-0.25, -0.2) is 0 Å². The molecule has 0 bridgehead atoms. The van der Waals surface area contributed by atoms with Crippen LogP contribution in [0.25, 0.3) is 0 Å². The molecule has 0 aliphatic heterocycles. The Morgan fingerprint density at radius 1 is 1.08 bits per heavy atom. The third-order valence-electron chi connectivity index (χ3n) is 3.98. The van der Waals surface area contributed by atoms with E-state index >= 15 is 0 Å². The summed E-state index contributed by atoms with van der Waals surface area (Å²) in [6.45, 7) is 7.75. The molecule has 3 rings (SSSR count). The van der Waals surface area contributed by atoms with Gasteiger partial charge in [0.05, 0.1) is 6.61 Å². The van der Waals surface area contributed by atoms with E-state index < -0.39 is 0 Å². The molecular formula is C21H27N3O. The average molecular weight is 337 g/mol. The minimum atomic E-state index is 0.301. The van der Waals surface area contributed by atoms with Crippen molar-refractivity contribution in [2.24, 2.45) is 0 Å². The van der Waals surface area contributed by atoms with Crippen molar-refractivity contribution in [2.75, 3.05) is 12.3 Å². The van der Waals surface area contributed by atoms with Crippen LogP contribution >= 0.6 is 0 Å². The van der Waals surface area contributed by atoms with Crippen molar-refractivity contribution < 1.29 is 4.74 Å². The third kappa shape index (κ3) is 6.08. The van der Waals surface area contributed by atoms with Crippen molar-refractivity contribution in [3.63, 3.8) is 0 Å². The van der Waals surface area contributed by atoms with Crippen molar-refractivity contribution in [1.29, 1.82) is 0 Å². The first-order valence-corrected chi connectivity index (χ1v) is 8.59. The van der Waals surface area contributed by atoms with Crippen LogP contribution in [0, 0.1) is 6.92 Å². The van der Waals surface area contributed by atoms with E-state index in [2.05, 4.69) is 60.4 Å². The SMILES string of the molecule is CCOCc1ccccc1.Cc1ccc(C(C)c2cc(N)n[nH]2)cc1. The molecule has 4 heteroatoms. The lowest BCUT2D eigenvalue weighted by molar-refractivity contribution is 0.134. The molecule has 1 atom stereocenters. The summed E-state index contributed by atoms with van der Waals surface area (Å²) in [5, 5.41) is 6.88. The Kier molecular flexibility index (Phi) is 7.23. The standard InChI is InChI=1S/C12H15N3.C9H12O/c1-8-3-5-10(6-4-8)9(2)11-7-12(13)15-14-11;1-2-10-8-9-6-4-3-5-7-9/h3-7,9H,1-2H3,(H3,13,14,15);3-7H,2,8H2,1H3. The van der Waals surface area contributed by atoms with Gasteiger partial charge < -0.3 is 10.5 Å². The number of rotatable bonds is 5. The smallest absolute Gasteiger partial charge is 0.145 e. The van der Waals surface area contributed by atoms with Crippen LogP contribution < -0.4 is 5.73 Å². The molecule has 1 heterocycles. The number of nitrogen functional groups attached to an aromatic ring is 1. The largest absolute Gasteiger partial charge is 0.382 e. The van der Waals surface area contributed by atoms with Crippen LogP contribution in [-0.2, 0) is 11.3 Å². The van der Waals surface area contributed by atoms with Crippen molar-refractivity contribution in [2.45, 2.75) is 33.3 Å². The minimum absolute atomic E-state index is 0.301. The third-order valence-corrected chi connectivity index (χ3v) is 3.98. The fourth-order valence-electron chi connectivity index (χ4n) is 2.40. The highest BCUT2D eigenvalue weighted by atomic mass is 16.5. The zero-order valence-corrected chi connectivity index (χ0v) is 15.2. The van der Waals surface area contributed by atoms with E-state index in [1.54, 1.807) is 0 Å². The molecule has 2 aromatic carbocycles. The topological polar surface area (TPSA) is 63.9 Å². The van der Waals surface area contributed by atoms with Gasteiger partial charge in [-0.1, -0.05) is 67.1 Å². The summed E-state index contributed by atoms with van der Waals surface area (Å²) in [7, 11) is 0. The molecule has 0 spiro atoms. The fourth-order valence-corrected chi connectivity index (χ4v) is 2.40. The minimum Gasteiger partial charge on any atom is -0.382 e. The zero-order valence-electron chi connectivity index (χ0n) is 15.2. The first kappa shape index (κ1) is 18.7. The molecule has 25 heavy (non-hydrogen) atoms. The van der Waals surface area contributed by atoms with E-state index in [4.69, 9.17) is 10.5 Å². The van der Waals surface area contributed by atoms with Gasteiger partial charge in [0.1, 0.15) is 5.82 Å². The summed E-state index contributed by atoms with van der Waals surface area (Å²) >= 11 is 0. The maximum atomic E-state index is 5.58. The molecule has 0 saturated carbocycles. The Morgan fingerprint density at radius 3 is 2.32 bits per heavy atom. The van der Waals surface area contributed by atoms with Crippen LogP contribution in [0.4, 0.5) is 5.82 Å². The average Bonchev–Trinajstić information content (AvgIpc) is 3.08. The first-order chi connectivity index (χ1) is 12.1. The Labute approximate surface area is 150 Å². The van der Waals surface area contributed by atoms with E-state index in [1.807, 2.05) is 31.2 Å². The number of benzene rings is 2. The van der Waals surface area contributed by atoms with E-state index in [1.165, 1.54) is 16.7 Å². The van der Waals surface area contributed by atoms with Gasteiger partial charge in [0.25, 0.3) is 0 Å². The molecule has 3 aromatic rings. The van der Waals surface area contributed by atoms with Crippen LogP contribution in [0.5, 0.6) is 0 Å². The number of aromatic nitrogens is 2. The Balaban J connectivity index is 0.000000196. The molecule has 1 unspecified atom stereocenters. The summed E-state index contributed by atoms with van der Waals surface area (Å²) in [6.07, 6.45) is 0. The van der Waals surface area contributed by atoms with E-state index in [9.17, 15) is 0 Å². The number of nitrogens with two attached hydrogens (primary N) is 1. The van der Waals surface area contributed by atoms with Crippen LogP contribution in [0.15, 0.2) is 60.7 Å². The van der Waals surface area contributed by atoms with Gasteiger partial charge in [0.15, 0.2) is 0 Å². The highest BCUT2D eigenvalue weighted by Gasteiger charge is 2.10. The monoisotopic (exact) mass is 337 g/mol. The summed E-state index contributed by atoms with van der Waals surface area (Å²) in [5.41, 5.74) is 10.4. The van der Waals surface area contributed by atoms with E-state index in [0.29, 0.717) is 11.7 Å². The highest BCUT2D eigenvalue weighted by molar-refractivity contribution is 5.35. The van der Waals surface area contributed by atoms with Gasteiger partial charge in [-0.2, -0.15) is 5.10 Å². The molecule has 0 fully saturated rings. The number of aromatic amines is 1. The maximum Gasteiger partial charge on any atom is 0.145 e. The molecule has 1 aromatic heterocycles. The predicted molar refractivity (Wildman–Crippen MR) is 103 cm³/mol. The second-order valence-corrected chi connectivity index (χ2v) is 6.00. The lowest BCUT2D eigenvalue weighted by Gasteiger charge is -2.09. The molecular weight excluding hydrogens is 310 g/mol. The Bertz CT molecular complexity index is 735. The number of hydrogen-bond acceptors (Lipinski definition) is 3. The molecule has 0 radical (unpaired) electrons. The number of H-pyrrole nitrogens is 1. The van der Waals surface area contributed by atoms with Gasteiger partial charge >= 0.3 is 0 Å². The van der Waals surface area contributed by atoms with Gasteiger partial charge in [-0.15, -0.1) is 0 Å². The van der Waals surface area contributed by atoms with Crippen molar-refractivity contribution in [3.05, 3.63) is 83.0 Å². The fraction of sp³-hybridized carbons (Fsp3) is 0.286. The van der Waals surface area contributed by atoms with Crippen molar-refractivity contribution in [3.8, 4) is 0 Å². The number of anilines is 1.